The molecule has 0 radical (unpaired) electrons. The summed E-state index contributed by atoms with van der Waals surface area (Å²) in [7, 11) is -0.422. The number of carbonyl (C=O) groups excluding carboxylic acids is 1. The number of hydrogen-bond donors (Lipinski definition) is 2. The molecule has 22 heavy (non-hydrogen) atoms. The Labute approximate surface area is 137 Å². The van der Waals surface area contributed by atoms with Gasteiger partial charge in [0.05, 0.1) is 14.7 Å². The van der Waals surface area contributed by atoms with Crippen molar-refractivity contribution >= 4 is 54.0 Å². The van der Waals surface area contributed by atoms with Crippen LogP contribution in [0.5, 0.6) is 0 Å². The van der Waals surface area contributed by atoms with Gasteiger partial charge in [0.25, 0.3) is 0 Å². The number of hydrogen-bond acceptors (Lipinski definition) is 9. The van der Waals surface area contributed by atoms with Gasteiger partial charge in [-0.2, -0.15) is 4.31 Å². The monoisotopic (exact) mass is 384 g/mol. The molecule has 0 aromatic carbocycles. The van der Waals surface area contributed by atoms with Gasteiger partial charge in [0, 0.05) is 7.05 Å². The number of tetrazole rings is 1. The van der Waals surface area contributed by atoms with Crippen LogP contribution in [0.1, 0.15) is 6.92 Å². The van der Waals surface area contributed by atoms with Gasteiger partial charge in [-0.3, -0.25) is 0 Å². The van der Waals surface area contributed by atoms with Crippen LogP contribution in [-0.4, -0.2) is 55.9 Å². The summed E-state index contributed by atoms with van der Waals surface area (Å²) >= 11 is 2.58. The van der Waals surface area contributed by atoms with E-state index in [1.165, 1.54) is 32.5 Å². The molecule has 0 spiro atoms. The fourth-order valence-electron chi connectivity index (χ4n) is 1.73. The molecule has 1 saturated heterocycles. The molecule has 1 aromatic rings. The van der Waals surface area contributed by atoms with Crippen molar-refractivity contribution in [3.8, 4) is 0 Å². The Morgan fingerprint density at radius 3 is 2.95 bits per heavy atom. The molecule has 2 aliphatic heterocycles. The number of carboxylic acid groups (broad SMARTS) is 1. The molecule has 1 amide bonds. The molecule has 0 saturated carbocycles. The average molecular weight is 384 g/mol. The molecule has 10 nitrogen and oxygen atoms in total. The van der Waals surface area contributed by atoms with Crippen LogP contribution < -0.4 is 5.73 Å². The highest BCUT2D eigenvalue weighted by molar-refractivity contribution is 8.55. The Bertz CT molecular complexity index is 690. The van der Waals surface area contributed by atoms with Crippen molar-refractivity contribution in [2.24, 2.45) is 12.8 Å². The van der Waals surface area contributed by atoms with Crippen molar-refractivity contribution in [2.45, 2.75) is 21.8 Å². The molecule has 0 aliphatic carbocycles. The highest BCUT2D eigenvalue weighted by atomic mass is 32.9. The first-order chi connectivity index (χ1) is 10.3. The van der Waals surface area contributed by atoms with E-state index < -0.39 is 40.3 Å². The summed E-state index contributed by atoms with van der Waals surface area (Å²) < 4.78 is 6.90. The Morgan fingerprint density at radius 2 is 2.41 bits per heavy atom. The van der Waals surface area contributed by atoms with Crippen molar-refractivity contribution in [1.82, 2.24) is 24.5 Å². The summed E-state index contributed by atoms with van der Waals surface area (Å²) in [5.74, 6) is 0. The molecule has 3 heterocycles. The second-order valence-electron chi connectivity index (χ2n) is 4.36. The number of nitrogens with two attached hydrogens (primary N) is 1. The number of aryl methyl sites for hydroxylation is 1. The Balaban J connectivity index is 1.95. The smallest absolute Gasteiger partial charge is 0.426 e. The third-order valence-corrected chi connectivity index (χ3v) is 13.2. The van der Waals surface area contributed by atoms with E-state index in [1.54, 1.807) is 14.0 Å². The zero-order valence-corrected chi connectivity index (χ0v) is 14.7. The average Bonchev–Trinajstić information content (AvgIpc) is 2.81. The topological polar surface area (TPSA) is 136 Å². The maximum Gasteiger partial charge on any atom is 0.426 e. The van der Waals surface area contributed by atoms with Crippen molar-refractivity contribution in [1.29, 1.82) is 0 Å². The lowest BCUT2D eigenvalue weighted by atomic mass is 10.8. The predicted molar refractivity (Wildman–Crippen MR) is 84.6 cm³/mol. The van der Waals surface area contributed by atoms with Crippen LogP contribution >= 0.6 is 23.5 Å². The highest BCUT2D eigenvalue weighted by Crippen LogP contribution is 2.44. The predicted octanol–water partition coefficient (Wildman–Crippen LogP) is 0.119. The van der Waals surface area contributed by atoms with Crippen LogP contribution in [0.25, 0.3) is 0 Å². The molecule has 4 atom stereocenters. The van der Waals surface area contributed by atoms with Gasteiger partial charge in [0.15, 0.2) is 0 Å². The summed E-state index contributed by atoms with van der Waals surface area (Å²) in [5.41, 5.74) is 5.67. The van der Waals surface area contributed by atoms with E-state index in [0.717, 1.165) is 0 Å². The molecular weight excluding hydrogens is 372 g/mol. The molecule has 2 aliphatic rings. The minimum Gasteiger partial charge on any atom is -0.472 e. The van der Waals surface area contributed by atoms with Crippen LogP contribution in [0, 0.1) is 0 Å². The highest BCUT2D eigenvalue weighted by Gasteiger charge is 2.53. The fourth-order valence-corrected chi connectivity index (χ4v) is 12.4. The number of ether oxygens (including phenoxy) is 1. The number of thioether (sulfide) groups is 2. The Kier molecular flexibility index (Phi) is 4.13. The SMILES string of the molecule is Cn1nnnc1SCS1=S(C(=O)O)N2C(=O)O[C@@H]2S[C@]1(C)N. The van der Waals surface area contributed by atoms with E-state index in [1.807, 2.05) is 0 Å². The van der Waals surface area contributed by atoms with Crippen LogP contribution in [0.4, 0.5) is 9.59 Å². The molecule has 1 fully saturated rings. The van der Waals surface area contributed by atoms with Crippen LogP contribution in [0.2, 0.25) is 0 Å². The second kappa shape index (κ2) is 5.67. The lowest BCUT2D eigenvalue weighted by Gasteiger charge is -2.48. The van der Waals surface area contributed by atoms with Crippen molar-refractivity contribution in [3.05, 3.63) is 0 Å². The molecular formula is C8H12N6O4S4. The van der Waals surface area contributed by atoms with Crippen LogP contribution in [0.3, 0.4) is 0 Å². The summed E-state index contributed by atoms with van der Waals surface area (Å²) in [5, 5.41) is 20.6. The summed E-state index contributed by atoms with van der Waals surface area (Å²) in [6.07, 6.45) is -0.610. The lowest BCUT2D eigenvalue weighted by Crippen LogP contribution is -2.63. The van der Waals surface area contributed by atoms with Gasteiger partial charge in [-0.05, 0) is 17.4 Å². The molecule has 14 heteroatoms. The van der Waals surface area contributed by atoms with Gasteiger partial charge in [-0.25, -0.2) is 14.3 Å². The largest absolute Gasteiger partial charge is 0.472 e. The van der Waals surface area contributed by atoms with E-state index in [9.17, 15) is 14.7 Å². The minimum absolute atomic E-state index is 0.403. The number of nitrogens with zero attached hydrogens (tertiary/aromatic N) is 5. The normalized spacial score (nSPS) is 33.9. The van der Waals surface area contributed by atoms with Gasteiger partial charge in [-0.1, -0.05) is 33.0 Å². The van der Waals surface area contributed by atoms with Crippen molar-refractivity contribution in [2.75, 3.05) is 5.08 Å². The van der Waals surface area contributed by atoms with Gasteiger partial charge in [0.2, 0.25) is 10.7 Å². The number of carbonyl (C=O) groups is 2. The van der Waals surface area contributed by atoms with E-state index in [-0.39, 0.29) is 0 Å². The molecule has 122 valence electrons. The van der Waals surface area contributed by atoms with Crippen molar-refractivity contribution < 1.29 is 19.4 Å². The zero-order chi connectivity index (χ0) is 16.1. The Hall–Kier alpha value is -0.830. The second-order valence-corrected chi connectivity index (χ2v) is 12.6. The number of rotatable bonds is 3. The number of fused-ring (bicyclic) bond motifs is 1. The van der Waals surface area contributed by atoms with Crippen LogP contribution in [0.15, 0.2) is 5.16 Å². The molecule has 0 bridgehead atoms. The van der Waals surface area contributed by atoms with E-state index >= 15 is 0 Å². The molecule has 3 N–H and O–H groups in total. The molecule has 3 rings (SSSR count). The standard InChI is InChI=1S/C8H12N6O4S4/c1-8(9)20-6-14(5(15)18-6)22(7(16)17)21(8)3-19-4-10-11-12-13(4)2/h6H,3,9H2,1-2H3,(H,16,17)/t6-,8+,21?,22?/m1/s1. The summed E-state index contributed by atoms with van der Waals surface area (Å²) in [6.45, 7) is 1.77. The summed E-state index contributed by atoms with van der Waals surface area (Å²) in [6, 6.07) is 0. The van der Waals surface area contributed by atoms with Gasteiger partial charge < -0.3 is 15.6 Å². The zero-order valence-electron chi connectivity index (χ0n) is 11.4. The molecule has 1 aromatic heterocycles. The first-order valence-corrected chi connectivity index (χ1v) is 10.8. The maximum absolute atomic E-state index is 11.7. The summed E-state index contributed by atoms with van der Waals surface area (Å²) in [4.78, 5) is 23.2. The van der Waals surface area contributed by atoms with Crippen molar-refractivity contribution in [3.63, 3.8) is 0 Å². The first-order valence-electron chi connectivity index (χ1n) is 5.82. The maximum atomic E-state index is 11.7. The fraction of sp³-hybridized carbons (Fsp3) is 0.625. The van der Waals surface area contributed by atoms with Gasteiger partial charge >= 0.3 is 11.4 Å². The van der Waals surface area contributed by atoms with E-state index in [2.05, 4.69) is 15.5 Å². The molecule has 2 unspecified atom stereocenters. The van der Waals surface area contributed by atoms with Crippen LogP contribution in [-0.2, 0) is 30.9 Å². The van der Waals surface area contributed by atoms with E-state index in [0.29, 0.717) is 10.2 Å². The quantitative estimate of drug-likeness (QED) is 0.691. The van der Waals surface area contributed by atoms with E-state index in [4.69, 9.17) is 10.5 Å². The third kappa shape index (κ3) is 2.62. The number of amides is 1. The van der Waals surface area contributed by atoms with Gasteiger partial charge in [-0.15, -0.1) is 5.10 Å². The first kappa shape index (κ1) is 16.0. The third-order valence-electron chi connectivity index (χ3n) is 2.75. The van der Waals surface area contributed by atoms with Gasteiger partial charge in [0.1, 0.15) is 4.20 Å². The number of aromatic nitrogens is 4. The lowest BCUT2D eigenvalue weighted by molar-refractivity contribution is 0.00726. The Morgan fingerprint density at radius 1 is 1.68 bits per heavy atom. The minimum atomic E-state index is -1.33.